The van der Waals surface area contributed by atoms with Crippen molar-refractivity contribution in [3.05, 3.63) is 24.3 Å². The SMILES string of the molecule is CCCCCCCC/C=C\CCCCCCCCCCOCC(COP(=O)([O-])OCC[N+](C)(C)C)OC(=O)CCCCCCC/C=C\CCCCCCCC. The first-order valence-corrected chi connectivity index (χ1v) is 24.5. The Morgan fingerprint density at radius 3 is 1.38 bits per heavy atom. The molecule has 55 heavy (non-hydrogen) atoms. The highest BCUT2D eigenvalue weighted by Gasteiger charge is 2.20. The minimum absolute atomic E-state index is 0.0252. The predicted octanol–water partition coefficient (Wildman–Crippen LogP) is 13.0. The highest BCUT2D eigenvalue weighted by Crippen LogP contribution is 2.38. The Kier molecular flexibility index (Phi) is 39.1. The van der Waals surface area contributed by atoms with Gasteiger partial charge in [-0.3, -0.25) is 9.36 Å². The van der Waals surface area contributed by atoms with Crippen LogP contribution in [-0.4, -0.2) is 70.7 Å². The van der Waals surface area contributed by atoms with Crippen LogP contribution in [0.3, 0.4) is 0 Å². The van der Waals surface area contributed by atoms with Crippen molar-refractivity contribution in [2.24, 2.45) is 0 Å². The standard InChI is InChI=1S/C46H90NO7P/c1-6-8-10-12-14-16-18-20-22-23-24-26-28-30-32-34-36-38-41-51-43-45(44-53-55(49,50)52-42-40-47(3,4)5)54-46(48)39-37-35-33-31-29-27-25-21-19-17-15-13-11-9-7-2/h20-22,25,45H,6-19,23-24,26-44H2,1-5H3/b22-20-,25-21-. The number of ether oxygens (including phenoxy) is 2. The van der Waals surface area contributed by atoms with E-state index in [0.29, 0.717) is 24.1 Å². The first kappa shape index (κ1) is 54.0. The molecule has 326 valence electrons. The van der Waals surface area contributed by atoms with Crippen molar-refractivity contribution < 1.29 is 37.3 Å². The predicted molar refractivity (Wildman–Crippen MR) is 231 cm³/mol. The maximum atomic E-state index is 12.7. The van der Waals surface area contributed by atoms with Crippen molar-refractivity contribution in [3.63, 3.8) is 0 Å². The van der Waals surface area contributed by atoms with Gasteiger partial charge in [0.1, 0.15) is 19.3 Å². The van der Waals surface area contributed by atoms with Crippen LogP contribution in [0.5, 0.6) is 0 Å². The molecule has 0 aromatic carbocycles. The summed E-state index contributed by atoms with van der Waals surface area (Å²) in [5.74, 6) is -0.342. The molecule has 2 unspecified atom stereocenters. The molecule has 8 nitrogen and oxygen atoms in total. The number of esters is 1. The summed E-state index contributed by atoms with van der Waals surface area (Å²) in [6.07, 6.45) is 44.7. The Bertz CT molecular complexity index is 936. The van der Waals surface area contributed by atoms with Gasteiger partial charge in [-0.1, -0.05) is 160 Å². The molecule has 0 aromatic rings. The van der Waals surface area contributed by atoms with Crippen LogP contribution in [-0.2, 0) is 27.9 Å². The van der Waals surface area contributed by atoms with Gasteiger partial charge in [0.05, 0.1) is 34.4 Å². The van der Waals surface area contributed by atoms with Crippen LogP contribution in [0.15, 0.2) is 24.3 Å². The summed E-state index contributed by atoms with van der Waals surface area (Å²) >= 11 is 0. The second-order valence-corrected chi connectivity index (χ2v) is 18.2. The Hall–Kier alpha value is -1.02. The molecule has 0 saturated carbocycles. The average molecular weight is 800 g/mol. The highest BCUT2D eigenvalue weighted by atomic mass is 31.2. The number of hydrogen-bond acceptors (Lipinski definition) is 7. The summed E-state index contributed by atoms with van der Waals surface area (Å²) in [7, 11) is 1.35. The molecule has 0 spiro atoms. The molecule has 0 aromatic heterocycles. The Labute approximate surface area is 341 Å². The van der Waals surface area contributed by atoms with Gasteiger partial charge in [-0.2, -0.15) is 0 Å². The molecule has 0 aliphatic heterocycles. The molecule has 0 amide bonds. The molecule has 0 bridgehead atoms. The number of hydrogen-bond donors (Lipinski definition) is 0. The molecule has 0 radical (unpaired) electrons. The minimum atomic E-state index is -4.52. The number of phosphoric ester groups is 1. The fourth-order valence-corrected chi connectivity index (χ4v) is 7.09. The zero-order valence-corrected chi connectivity index (χ0v) is 37.8. The Morgan fingerprint density at radius 2 is 0.945 bits per heavy atom. The average Bonchev–Trinajstić information content (AvgIpc) is 3.13. The van der Waals surface area contributed by atoms with Crippen LogP contribution >= 0.6 is 7.82 Å². The van der Waals surface area contributed by atoms with Crippen molar-refractivity contribution in [1.82, 2.24) is 0 Å². The van der Waals surface area contributed by atoms with Gasteiger partial charge in [-0.15, -0.1) is 0 Å². The lowest BCUT2D eigenvalue weighted by Gasteiger charge is -2.28. The van der Waals surface area contributed by atoms with Gasteiger partial charge >= 0.3 is 5.97 Å². The van der Waals surface area contributed by atoms with Gasteiger partial charge in [0.15, 0.2) is 0 Å². The van der Waals surface area contributed by atoms with E-state index in [-0.39, 0.29) is 25.8 Å². The molecular formula is C46H90NO7P. The molecule has 0 rings (SSSR count). The smallest absolute Gasteiger partial charge is 0.306 e. The Morgan fingerprint density at radius 1 is 0.545 bits per heavy atom. The maximum absolute atomic E-state index is 12.7. The monoisotopic (exact) mass is 800 g/mol. The van der Waals surface area contributed by atoms with E-state index in [1.165, 1.54) is 141 Å². The number of carbonyl (C=O) groups is 1. The third-order valence-electron chi connectivity index (χ3n) is 9.98. The third kappa shape index (κ3) is 43.9. The zero-order valence-electron chi connectivity index (χ0n) is 36.9. The lowest BCUT2D eigenvalue weighted by Crippen LogP contribution is -2.37. The lowest BCUT2D eigenvalue weighted by atomic mass is 10.1. The largest absolute Gasteiger partial charge is 0.756 e. The number of likely N-dealkylation sites (N-methyl/N-ethyl adjacent to an activating group) is 1. The van der Waals surface area contributed by atoms with Gasteiger partial charge < -0.3 is 27.9 Å². The zero-order chi connectivity index (χ0) is 40.6. The summed E-state index contributed by atoms with van der Waals surface area (Å²) in [6, 6.07) is 0. The lowest BCUT2D eigenvalue weighted by molar-refractivity contribution is -0.870. The van der Waals surface area contributed by atoms with Crippen LogP contribution in [0.25, 0.3) is 0 Å². The number of rotatable bonds is 43. The van der Waals surface area contributed by atoms with E-state index in [1.54, 1.807) is 0 Å². The van der Waals surface area contributed by atoms with E-state index in [4.69, 9.17) is 18.5 Å². The first-order chi connectivity index (χ1) is 26.6. The quantitative estimate of drug-likeness (QED) is 0.0199. The third-order valence-corrected chi connectivity index (χ3v) is 10.9. The van der Waals surface area contributed by atoms with Crippen molar-refractivity contribution in [3.8, 4) is 0 Å². The van der Waals surface area contributed by atoms with E-state index in [9.17, 15) is 14.3 Å². The van der Waals surface area contributed by atoms with E-state index in [2.05, 4.69) is 38.2 Å². The van der Waals surface area contributed by atoms with E-state index in [0.717, 1.165) is 44.9 Å². The number of quaternary nitrogens is 1. The summed E-state index contributed by atoms with van der Waals surface area (Å²) in [6.45, 7) is 5.41. The summed E-state index contributed by atoms with van der Waals surface area (Å²) in [5, 5.41) is 0. The van der Waals surface area contributed by atoms with Crippen LogP contribution in [0.1, 0.15) is 206 Å². The van der Waals surface area contributed by atoms with Crippen molar-refractivity contribution >= 4 is 13.8 Å². The van der Waals surface area contributed by atoms with Crippen LogP contribution in [0.2, 0.25) is 0 Å². The minimum Gasteiger partial charge on any atom is -0.756 e. The van der Waals surface area contributed by atoms with E-state index >= 15 is 0 Å². The normalized spacial score (nSPS) is 13.9. The Balaban J connectivity index is 4.21. The maximum Gasteiger partial charge on any atom is 0.306 e. The summed E-state index contributed by atoms with van der Waals surface area (Å²) in [4.78, 5) is 25.1. The molecule has 2 atom stereocenters. The van der Waals surface area contributed by atoms with Gasteiger partial charge in [0, 0.05) is 13.0 Å². The first-order valence-electron chi connectivity index (χ1n) is 23.1. The van der Waals surface area contributed by atoms with Crippen molar-refractivity contribution in [2.75, 3.05) is 54.1 Å². The summed E-state index contributed by atoms with van der Waals surface area (Å²) < 4.78 is 34.6. The van der Waals surface area contributed by atoms with Crippen molar-refractivity contribution in [1.29, 1.82) is 0 Å². The van der Waals surface area contributed by atoms with Gasteiger partial charge in [-0.05, 0) is 64.2 Å². The van der Waals surface area contributed by atoms with Gasteiger partial charge in [0.25, 0.3) is 7.82 Å². The molecule has 0 aliphatic rings. The van der Waals surface area contributed by atoms with Gasteiger partial charge in [0.2, 0.25) is 0 Å². The van der Waals surface area contributed by atoms with Crippen LogP contribution in [0.4, 0.5) is 0 Å². The van der Waals surface area contributed by atoms with E-state index < -0.39 is 13.9 Å². The molecule has 0 aliphatic carbocycles. The van der Waals surface area contributed by atoms with Crippen LogP contribution in [0, 0.1) is 0 Å². The van der Waals surface area contributed by atoms with E-state index in [1.807, 2.05) is 21.1 Å². The topological polar surface area (TPSA) is 94.1 Å². The molecule has 0 saturated heterocycles. The van der Waals surface area contributed by atoms with Gasteiger partial charge in [-0.25, -0.2) is 0 Å². The number of unbranched alkanes of at least 4 members (excludes halogenated alkanes) is 25. The molecule has 0 heterocycles. The van der Waals surface area contributed by atoms with Crippen LogP contribution < -0.4 is 4.89 Å². The second kappa shape index (κ2) is 39.8. The fraction of sp³-hybridized carbons (Fsp3) is 0.891. The number of carbonyl (C=O) groups excluding carboxylic acids is 1. The molecule has 0 fully saturated rings. The number of phosphoric acid groups is 1. The number of allylic oxidation sites excluding steroid dienone is 4. The fourth-order valence-electron chi connectivity index (χ4n) is 6.36. The number of nitrogens with zero attached hydrogens (tertiary/aromatic N) is 1. The molecule has 0 N–H and O–H groups in total. The highest BCUT2D eigenvalue weighted by molar-refractivity contribution is 7.45. The second-order valence-electron chi connectivity index (χ2n) is 16.8. The summed E-state index contributed by atoms with van der Waals surface area (Å²) in [5.41, 5.74) is 0. The molecule has 9 heteroatoms. The molecular weight excluding hydrogens is 709 g/mol. The van der Waals surface area contributed by atoms with Crippen molar-refractivity contribution in [2.45, 2.75) is 213 Å².